The number of alkyl halides is 2. The van der Waals surface area contributed by atoms with Crippen LogP contribution in [0.3, 0.4) is 0 Å². The molecule has 8 rings (SSSR count). The molecule has 2 saturated heterocycles. The number of aromatic nitrogens is 4. The molecule has 0 radical (unpaired) electrons. The van der Waals surface area contributed by atoms with Crippen LogP contribution in [0.2, 0.25) is 0 Å². The van der Waals surface area contributed by atoms with Crippen LogP contribution < -0.4 is 10.6 Å². The van der Waals surface area contributed by atoms with E-state index in [0.29, 0.717) is 103 Å². The van der Waals surface area contributed by atoms with Crippen LogP contribution in [0.5, 0.6) is 0 Å². The number of likely N-dealkylation sites (tertiary alicyclic amines) is 1. The lowest BCUT2D eigenvalue weighted by Gasteiger charge is -2.30. The third kappa shape index (κ3) is 7.58. The quantitative estimate of drug-likeness (QED) is 0.157. The maximum atomic E-state index is 16.7. The Balaban J connectivity index is 1.05. The average Bonchev–Trinajstić information content (AvgIpc) is 4.10. The van der Waals surface area contributed by atoms with Gasteiger partial charge in [0.25, 0.3) is 5.92 Å². The molecule has 4 amide bonds. The molecule has 4 aliphatic rings. The number of H-pyrrole nitrogens is 2. The Kier molecular flexibility index (Phi) is 11.4. The zero-order chi connectivity index (χ0) is 42.3. The molecule has 5 heterocycles. The topological polar surface area (TPSA) is 184 Å². The summed E-state index contributed by atoms with van der Waals surface area (Å²) in [4.78, 5) is 71.3. The highest BCUT2D eigenvalue weighted by molar-refractivity contribution is 5.88. The van der Waals surface area contributed by atoms with Crippen LogP contribution in [-0.2, 0) is 36.3 Å². The van der Waals surface area contributed by atoms with E-state index in [-0.39, 0.29) is 41.5 Å². The number of alkyl carbamates (subject to hydrolysis) is 2. The fourth-order valence-electron chi connectivity index (χ4n) is 9.01. The molecule has 0 unspecified atom stereocenters. The van der Waals surface area contributed by atoms with E-state index in [0.717, 1.165) is 12.8 Å². The first kappa shape index (κ1) is 40.9. The highest BCUT2D eigenvalue weighted by Crippen LogP contribution is 2.53. The fraction of sp³-hybridized carbons (Fsp3) is 0.488. The lowest BCUT2D eigenvalue weighted by molar-refractivity contribution is -0.135. The summed E-state index contributed by atoms with van der Waals surface area (Å²) < 4.78 is 48.9. The number of carbonyl (C=O) groups is 4. The van der Waals surface area contributed by atoms with Crippen LogP contribution in [0.25, 0.3) is 33.6 Å². The van der Waals surface area contributed by atoms with E-state index >= 15 is 8.78 Å². The standard InChI is InChI=1S/C43H50F2N8O7/c1-23(2)35(51-42(57)59-4)40(55)53-17-7-10-33(53)37-46-21-31(47-37)24-12-14-26-27-15-13-25(20-29(27)43(44,45)28(26)19-24)36-32-22-60-18-6-5-9-30(49-41(56)58-3)39(54)52-16-8-11-34(52)38(48-32)50-36/h12-15,19-21,23,30,33-35H,5-11,16-18,22H2,1-4H3,(H,46,47)(H,48,50)(H,49,56)(H,51,57)/t30-,33-,34-,35-/m0/s1. The van der Waals surface area contributed by atoms with Gasteiger partial charge in [0.15, 0.2) is 0 Å². The highest BCUT2D eigenvalue weighted by Gasteiger charge is 2.45. The molecular formula is C43H50F2N8O7. The molecule has 0 spiro atoms. The number of imidazole rings is 2. The van der Waals surface area contributed by atoms with Gasteiger partial charge >= 0.3 is 12.2 Å². The van der Waals surface area contributed by atoms with Crippen molar-refractivity contribution < 1.29 is 42.2 Å². The van der Waals surface area contributed by atoms with Crippen molar-refractivity contribution >= 4 is 24.0 Å². The van der Waals surface area contributed by atoms with Gasteiger partial charge in [-0.1, -0.05) is 38.1 Å². The number of halogens is 2. The zero-order valence-electron chi connectivity index (χ0n) is 34.1. The first-order chi connectivity index (χ1) is 28.9. The molecule has 15 nitrogen and oxygen atoms in total. The van der Waals surface area contributed by atoms with Crippen LogP contribution in [0.1, 0.15) is 99.3 Å². The summed E-state index contributed by atoms with van der Waals surface area (Å²) in [5.41, 5.74) is 3.22. The third-order valence-electron chi connectivity index (χ3n) is 12.1. The Morgan fingerprint density at radius 2 is 1.58 bits per heavy atom. The fourth-order valence-corrected chi connectivity index (χ4v) is 9.01. The van der Waals surface area contributed by atoms with Crippen molar-refractivity contribution in [3.8, 4) is 33.6 Å². The summed E-state index contributed by atoms with van der Waals surface area (Å²) in [5.74, 6) is -2.91. The second kappa shape index (κ2) is 16.7. The minimum atomic E-state index is -3.34. The van der Waals surface area contributed by atoms with Crippen molar-refractivity contribution in [1.82, 2.24) is 40.4 Å². The summed E-state index contributed by atoms with van der Waals surface area (Å²) in [6.45, 7) is 5.23. The summed E-state index contributed by atoms with van der Waals surface area (Å²) in [6.07, 6.45) is 4.72. The predicted octanol–water partition coefficient (Wildman–Crippen LogP) is 6.72. The van der Waals surface area contributed by atoms with Crippen molar-refractivity contribution in [2.45, 2.75) is 95.5 Å². The Morgan fingerprint density at radius 3 is 2.32 bits per heavy atom. The number of hydrogen-bond acceptors (Lipinski definition) is 9. The molecular weight excluding hydrogens is 779 g/mol. The van der Waals surface area contributed by atoms with Crippen LogP contribution >= 0.6 is 0 Å². The molecule has 4 N–H and O–H groups in total. The zero-order valence-corrected chi connectivity index (χ0v) is 34.1. The van der Waals surface area contributed by atoms with Crippen LogP contribution in [-0.4, -0.2) is 99.7 Å². The molecule has 1 aliphatic carbocycles. The van der Waals surface area contributed by atoms with E-state index in [1.165, 1.54) is 26.4 Å². The minimum Gasteiger partial charge on any atom is -0.453 e. The number of ether oxygens (including phenoxy) is 3. The van der Waals surface area contributed by atoms with Crippen molar-refractivity contribution in [2.24, 2.45) is 5.92 Å². The van der Waals surface area contributed by atoms with Crippen molar-refractivity contribution in [2.75, 3.05) is 33.9 Å². The van der Waals surface area contributed by atoms with Crippen molar-refractivity contribution in [1.29, 1.82) is 0 Å². The van der Waals surface area contributed by atoms with Gasteiger partial charge in [0.1, 0.15) is 23.7 Å². The third-order valence-corrected chi connectivity index (χ3v) is 12.1. The molecule has 60 heavy (non-hydrogen) atoms. The number of hydrogen-bond donors (Lipinski definition) is 4. The number of fused-ring (bicyclic) bond motifs is 7. The number of methoxy groups -OCH3 is 2. The number of rotatable bonds is 7. The van der Waals surface area contributed by atoms with Gasteiger partial charge in [-0.25, -0.2) is 19.6 Å². The molecule has 2 aromatic heterocycles. The molecule has 0 saturated carbocycles. The highest BCUT2D eigenvalue weighted by atomic mass is 19.3. The van der Waals surface area contributed by atoms with Crippen molar-refractivity contribution in [3.63, 3.8) is 0 Å². The van der Waals surface area contributed by atoms with Gasteiger partial charge in [-0.2, -0.15) is 8.78 Å². The Hall–Kier alpha value is -5.84. The monoisotopic (exact) mass is 828 g/mol. The van der Waals surface area contributed by atoms with Gasteiger partial charge in [0.2, 0.25) is 11.8 Å². The Morgan fingerprint density at radius 1 is 0.883 bits per heavy atom. The second-order valence-electron chi connectivity index (χ2n) is 16.2. The van der Waals surface area contributed by atoms with Crippen LogP contribution in [0.15, 0.2) is 42.6 Å². The molecule has 3 aliphatic heterocycles. The van der Waals surface area contributed by atoms with Gasteiger partial charge < -0.3 is 44.6 Å². The summed E-state index contributed by atoms with van der Waals surface area (Å²) >= 11 is 0. The number of benzene rings is 2. The molecule has 2 bridgehead atoms. The van der Waals surface area contributed by atoms with Gasteiger partial charge in [0, 0.05) is 42.0 Å². The van der Waals surface area contributed by atoms with E-state index in [1.54, 1.807) is 40.3 Å². The molecule has 2 fully saturated rings. The smallest absolute Gasteiger partial charge is 0.407 e. The molecule has 4 atom stereocenters. The lowest BCUT2D eigenvalue weighted by atomic mass is 10.0. The lowest BCUT2D eigenvalue weighted by Crippen LogP contribution is -2.51. The summed E-state index contributed by atoms with van der Waals surface area (Å²) in [6, 6.07) is 7.64. The van der Waals surface area contributed by atoms with Gasteiger partial charge in [-0.3, -0.25) is 9.59 Å². The summed E-state index contributed by atoms with van der Waals surface area (Å²) in [7, 11) is 2.51. The number of carbonyl (C=O) groups excluding carboxylic acids is 4. The molecule has 4 aromatic rings. The maximum Gasteiger partial charge on any atom is 0.407 e. The SMILES string of the molecule is COC(=O)N[C@H]1CCCCOCc2[nH]c(nc2-c2ccc3c(c2)C(F)(F)c2cc(-c4cnc([C@@H]5CCCN5C(=O)[C@@H](NC(=O)OC)C(C)C)[nH]4)ccc2-3)[C@@H]2CCCN2C1=O. The van der Waals surface area contributed by atoms with E-state index in [1.807, 2.05) is 13.8 Å². The normalized spacial score (nSPS) is 21.6. The van der Waals surface area contributed by atoms with Crippen LogP contribution in [0.4, 0.5) is 18.4 Å². The van der Waals surface area contributed by atoms with E-state index < -0.39 is 36.2 Å². The predicted molar refractivity (Wildman–Crippen MR) is 214 cm³/mol. The first-order valence-electron chi connectivity index (χ1n) is 20.6. The van der Waals surface area contributed by atoms with Crippen LogP contribution in [0, 0.1) is 5.92 Å². The number of aromatic amines is 2. The number of amides is 4. The average molecular weight is 829 g/mol. The second-order valence-corrected chi connectivity index (χ2v) is 16.2. The van der Waals surface area contributed by atoms with Gasteiger partial charge in [0.05, 0.1) is 56.2 Å². The van der Waals surface area contributed by atoms with Gasteiger partial charge in [-0.05, 0) is 74.1 Å². The number of nitrogens with one attached hydrogen (secondary N) is 4. The van der Waals surface area contributed by atoms with Crippen molar-refractivity contribution in [3.05, 3.63) is 71.1 Å². The first-order valence-corrected chi connectivity index (χ1v) is 20.6. The maximum absolute atomic E-state index is 16.7. The van der Waals surface area contributed by atoms with E-state index in [9.17, 15) is 19.2 Å². The van der Waals surface area contributed by atoms with E-state index in [2.05, 4.69) is 25.6 Å². The van der Waals surface area contributed by atoms with E-state index in [4.69, 9.17) is 19.2 Å². The molecule has 2 aromatic carbocycles. The Bertz CT molecular complexity index is 2290. The molecule has 318 valence electrons. The Labute approximate surface area is 345 Å². The summed E-state index contributed by atoms with van der Waals surface area (Å²) in [5, 5.41) is 5.34. The minimum absolute atomic E-state index is 0.134. The largest absolute Gasteiger partial charge is 0.453 e. The number of nitrogens with zero attached hydrogens (tertiary/aromatic N) is 4. The molecule has 17 heteroatoms. The van der Waals surface area contributed by atoms with Gasteiger partial charge in [-0.15, -0.1) is 0 Å².